The Kier molecular flexibility index (Phi) is 2.18. The highest BCUT2D eigenvalue weighted by Gasteiger charge is 2.02. The van der Waals surface area contributed by atoms with Crippen molar-refractivity contribution in [3.8, 4) is 17.1 Å². The van der Waals surface area contributed by atoms with Crippen molar-refractivity contribution in [2.45, 2.75) is 13.3 Å². The summed E-state index contributed by atoms with van der Waals surface area (Å²) < 4.78 is 0. The number of nitrogens with one attached hydrogen (secondary N) is 1. The molecule has 0 saturated heterocycles. The number of aromatic amines is 1. The zero-order valence-corrected chi connectivity index (χ0v) is 7.86. The van der Waals surface area contributed by atoms with E-state index >= 15 is 0 Å². The van der Waals surface area contributed by atoms with Crippen molar-refractivity contribution >= 4 is 0 Å². The molecule has 2 rings (SSSR count). The van der Waals surface area contributed by atoms with Gasteiger partial charge in [-0.25, -0.2) is 0 Å². The van der Waals surface area contributed by atoms with Crippen molar-refractivity contribution in [2.75, 3.05) is 0 Å². The number of pyridine rings is 1. The Morgan fingerprint density at radius 1 is 1.36 bits per heavy atom. The van der Waals surface area contributed by atoms with Crippen LogP contribution in [0.3, 0.4) is 0 Å². The van der Waals surface area contributed by atoms with E-state index < -0.39 is 0 Å². The Labute approximate surface area is 81.6 Å². The molecule has 2 aromatic heterocycles. The Hall–Kier alpha value is -1.84. The Balaban J connectivity index is 2.41. The molecule has 0 spiro atoms. The second kappa shape index (κ2) is 3.49. The third-order valence-corrected chi connectivity index (χ3v) is 2.08. The molecule has 0 aliphatic rings. The summed E-state index contributed by atoms with van der Waals surface area (Å²) in [5.74, 6) is 0.00176. The first-order valence-electron chi connectivity index (χ1n) is 4.48. The van der Waals surface area contributed by atoms with Crippen LogP contribution in [-0.4, -0.2) is 20.3 Å². The molecule has 0 bridgehead atoms. The minimum Gasteiger partial charge on any atom is -0.492 e. The van der Waals surface area contributed by atoms with E-state index in [4.69, 9.17) is 5.11 Å². The Morgan fingerprint density at radius 2 is 2.21 bits per heavy atom. The van der Waals surface area contributed by atoms with Crippen molar-refractivity contribution in [2.24, 2.45) is 0 Å². The maximum absolute atomic E-state index is 9.08. The highest BCUT2D eigenvalue weighted by atomic mass is 16.3. The summed E-state index contributed by atoms with van der Waals surface area (Å²) in [7, 11) is 0. The van der Waals surface area contributed by atoms with Gasteiger partial charge in [0.25, 0.3) is 0 Å². The largest absolute Gasteiger partial charge is 0.492 e. The van der Waals surface area contributed by atoms with E-state index in [0.29, 0.717) is 0 Å². The molecule has 72 valence electrons. The minimum atomic E-state index is 0.00176. The number of hydrogen-bond acceptors (Lipinski definition) is 3. The molecule has 0 amide bonds. The van der Waals surface area contributed by atoms with Gasteiger partial charge >= 0.3 is 0 Å². The number of aromatic hydroxyl groups is 1. The Morgan fingerprint density at radius 3 is 2.86 bits per heavy atom. The van der Waals surface area contributed by atoms with Gasteiger partial charge in [-0.15, -0.1) is 5.10 Å². The summed E-state index contributed by atoms with van der Waals surface area (Å²) in [5.41, 5.74) is 2.89. The normalized spacial score (nSPS) is 10.4. The topological polar surface area (TPSA) is 61.8 Å². The van der Waals surface area contributed by atoms with Gasteiger partial charge in [0.05, 0.1) is 5.69 Å². The molecule has 14 heavy (non-hydrogen) atoms. The first-order chi connectivity index (χ1) is 6.79. The fourth-order valence-corrected chi connectivity index (χ4v) is 1.29. The maximum Gasteiger partial charge on any atom is 0.230 e. The van der Waals surface area contributed by atoms with Crippen LogP contribution in [0.15, 0.2) is 24.5 Å². The van der Waals surface area contributed by atoms with Gasteiger partial charge < -0.3 is 5.11 Å². The molecule has 0 aromatic carbocycles. The van der Waals surface area contributed by atoms with Gasteiger partial charge in [-0.1, -0.05) is 6.92 Å². The van der Waals surface area contributed by atoms with Crippen LogP contribution in [0.5, 0.6) is 5.88 Å². The van der Waals surface area contributed by atoms with E-state index in [-0.39, 0.29) is 5.88 Å². The number of hydrogen-bond donors (Lipinski definition) is 2. The highest BCUT2D eigenvalue weighted by molar-refractivity contribution is 5.59. The molecule has 0 radical (unpaired) electrons. The van der Waals surface area contributed by atoms with Gasteiger partial charge in [0.2, 0.25) is 5.88 Å². The summed E-state index contributed by atoms with van der Waals surface area (Å²) in [6.07, 6.45) is 4.52. The molecular weight excluding hydrogens is 178 g/mol. The molecule has 0 unspecified atom stereocenters. The summed E-state index contributed by atoms with van der Waals surface area (Å²) in [6.45, 7) is 2.07. The molecule has 0 atom stereocenters. The lowest BCUT2D eigenvalue weighted by atomic mass is 10.1. The fraction of sp³-hybridized carbons (Fsp3) is 0.200. The molecule has 2 N–H and O–H groups in total. The van der Waals surface area contributed by atoms with E-state index in [2.05, 4.69) is 22.1 Å². The van der Waals surface area contributed by atoms with Crippen molar-refractivity contribution in [3.63, 3.8) is 0 Å². The highest BCUT2D eigenvalue weighted by Crippen LogP contribution is 2.19. The number of rotatable bonds is 2. The number of nitrogens with zero attached hydrogens (tertiary/aromatic N) is 2. The standard InChI is InChI=1S/C10H11N3O/c1-2-7-3-8(6-11-5-7)9-4-10(14)13-12-9/h3-6H,2H2,1H3,(H2,12,13,14). The van der Waals surface area contributed by atoms with Crippen LogP contribution < -0.4 is 0 Å². The average molecular weight is 189 g/mol. The van der Waals surface area contributed by atoms with E-state index in [1.807, 2.05) is 12.3 Å². The predicted octanol–water partition coefficient (Wildman–Crippen LogP) is 1.74. The minimum absolute atomic E-state index is 0.00176. The lowest BCUT2D eigenvalue weighted by molar-refractivity contribution is 0.452. The zero-order valence-electron chi connectivity index (χ0n) is 7.86. The summed E-state index contributed by atoms with van der Waals surface area (Å²) >= 11 is 0. The third-order valence-electron chi connectivity index (χ3n) is 2.08. The van der Waals surface area contributed by atoms with E-state index in [1.165, 1.54) is 0 Å². The molecule has 0 aliphatic carbocycles. The van der Waals surface area contributed by atoms with Gasteiger partial charge in [0.15, 0.2) is 0 Å². The number of H-pyrrole nitrogens is 1. The molecule has 2 heterocycles. The molecular formula is C10H11N3O. The first-order valence-corrected chi connectivity index (χ1v) is 4.48. The molecule has 4 heteroatoms. The molecule has 0 fully saturated rings. The van der Waals surface area contributed by atoms with Crippen LogP contribution >= 0.6 is 0 Å². The smallest absolute Gasteiger partial charge is 0.230 e. The van der Waals surface area contributed by atoms with Gasteiger partial charge in [-0.05, 0) is 18.1 Å². The zero-order chi connectivity index (χ0) is 9.97. The van der Waals surface area contributed by atoms with Gasteiger partial charge in [-0.3, -0.25) is 10.1 Å². The van der Waals surface area contributed by atoms with E-state index in [0.717, 1.165) is 23.2 Å². The second-order valence-corrected chi connectivity index (χ2v) is 3.08. The van der Waals surface area contributed by atoms with Crippen LogP contribution in [0.25, 0.3) is 11.3 Å². The lowest BCUT2D eigenvalue weighted by Crippen LogP contribution is -1.85. The third kappa shape index (κ3) is 1.59. The van der Waals surface area contributed by atoms with E-state index in [9.17, 15) is 0 Å². The molecule has 0 aliphatic heterocycles. The van der Waals surface area contributed by atoms with Crippen LogP contribution in [0, 0.1) is 0 Å². The predicted molar refractivity (Wildman–Crippen MR) is 52.9 cm³/mol. The molecule has 0 saturated carbocycles. The van der Waals surface area contributed by atoms with Crippen LogP contribution in [0.2, 0.25) is 0 Å². The van der Waals surface area contributed by atoms with Gasteiger partial charge in [0.1, 0.15) is 0 Å². The summed E-state index contributed by atoms with van der Waals surface area (Å²) in [4.78, 5) is 4.11. The second-order valence-electron chi connectivity index (χ2n) is 3.08. The maximum atomic E-state index is 9.08. The lowest BCUT2D eigenvalue weighted by Gasteiger charge is -1.99. The molecule has 4 nitrogen and oxygen atoms in total. The van der Waals surface area contributed by atoms with Gasteiger partial charge in [0, 0.05) is 24.0 Å². The van der Waals surface area contributed by atoms with Crippen molar-refractivity contribution < 1.29 is 5.11 Å². The summed E-state index contributed by atoms with van der Waals surface area (Å²) in [5, 5.41) is 15.5. The van der Waals surface area contributed by atoms with E-state index in [1.54, 1.807) is 12.3 Å². The van der Waals surface area contributed by atoms with Crippen molar-refractivity contribution in [1.29, 1.82) is 0 Å². The van der Waals surface area contributed by atoms with Crippen molar-refractivity contribution in [3.05, 3.63) is 30.1 Å². The van der Waals surface area contributed by atoms with Crippen LogP contribution in [-0.2, 0) is 6.42 Å². The summed E-state index contributed by atoms with van der Waals surface area (Å²) in [6, 6.07) is 3.61. The molecule has 2 aromatic rings. The average Bonchev–Trinajstić information content (AvgIpc) is 2.65. The SMILES string of the molecule is CCc1cncc(-c2cc(O)n[nH]2)c1. The number of aromatic nitrogens is 3. The fourth-order valence-electron chi connectivity index (χ4n) is 1.29. The number of aryl methyl sites for hydroxylation is 1. The Bertz CT molecular complexity index is 436. The van der Waals surface area contributed by atoms with Crippen LogP contribution in [0.1, 0.15) is 12.5 Å². The quantitative estimate of drug-likeness (QED) is 0.756. The monoisotopic (exact) mass is 189 g/mol. The van der Waals surface area contributed by atoms with Crippen LogP contribution in [0.4, 0.5) is 0 Å². The first kappa shape index (κ1) is 8.74. The van der Waals surface area contributed by atoms with Crippen molar-refractivity contribution in [1.82, 2.24) is 15.2 Å². The van der Waals surface area contributed by atoms with Gasteiger partial charge in [-0.2, -0.15) is 0 Å².